The first-order chi connectivity index (χ1) is 13.5. The maximum Gasteiger partial charge on any atom is 0.225 e. The summed E-state index contributed by atoms with van der Waals surface area (Å²) in [6.07, 6.45) is 2.54. The van der Waals surface area contributed by atoms with Crippen molar-refractivity contribution in [2.45, 2.75) is 51.4 Å². The van der Waals surface area contributed by atoms with Crippen LogP contribution in [0.1, 0.15) is 38.8 Å². The number of rotatable bonds is 3. The molecule has 0 unspecified atom stereocenters. The molecular formula is C23H31N3O2. The standard InChI is InChI=1S/C23H31N3O2/c1-16(2)21-15-28-23-10-11-25(13-18(23)8-9-22(27)26(21)23)14-19-12-17-6-4-5-7-20(17)24(19)3/h4-7,12,16,18,21H,8-11,13-15H2,1-3H3/t18-,21-,23-/m1/s1. The van der Waals surface area contributed by atoms with Gasteiger partial charge in [0, 0.05) is 56.7 Å². The molecule has 1 spiro atoms. The highest BCUT2D eigenvalue weighted by Gasteiger charge is 2.58. The molecule has 0 bridgehead atoms. The SMILES string of the molecule is CC(C)[C@H]1CO[C@]23CCN(Cc4cc5ccccc5n4C)C[C@H]2CCC(=O)N13. The maximum absolute atomic E-state index is 12.8. The summed E-state index contributed by atoms with van der Waals surface area (Å²) in [7, 11) is 2.16. The maximum atomic E-state index is 12.8. The monoisotopic (exact) mass is 381 g/mol. The minimum atomic E-state index is -0.348. The Hall–Kier alpha value is -1.85. The quantitative estimate of drug-likeness (QED) is 0.818. The lowest BCUT2D eigenvalue weighted by atomic mass is 9.79. The van der Waals surface area contributed by atoms with Crippen molar-refractivity contribution in [3.8, 4) is 0 Å². The number of aryl methyl sites for hydroxylation is 1. The Morgan fingerprint density at radius 1 is 1.29 bits per heavy atom. The van der Waals surface area contributed by atoms with Gasteiger partial charge in [-0.25, -0.2) is 0 Å². The van der Waals surface area contributed by atoms with Crippen LogP contribution in [0.2, 0.25) is 0 Å². The van der Waals surface area contributed by atoms with Crippen LogP contribution in [0, 0.1) is 11.8 Å². The Labute approximate surface area is 167 Å². The molecule has 3 atom stereocenters. The number of carbonyl (C=O) groups excluding carboxylic acids is 1. The number of ether oxygens (including phenoxy) is 1. The number of nitrogens with zero attached hydrogens (tertiary/aromatic N) is 3. The summed E-state index contributed by atoms with van der Waals surface area (Å²) >= 11 is 0. The highest BCUT2D eigenvalue weighted by atomic mass is 16.5. The number of benzene rings is 1. The average molecular weight is 382 g/mol. The van der Waals surface area contributed by atoms with E-state index in [0.29, 0.717) is 30.8 Å². The summed E-state index contributed by atoms with van der Waals surface area (Å²) in [6, 6.07) is 11.1. The van der Waals surface area contributed by atoms with E-state index in [1.807, 2.05) is 0 Å². The van der Waals surface area contributed by atoms with Crippen LogP contribution in [0.3, 0.4) is 0 Å². The van der Waals surface area contributed by atoms with E-state index in [0.717, 1.165) is 32.5 Å². The van der Waals surface area contributed by atoms with E-state index in [9.17, 15) is 4.79 Å². The normalized spacial score (nSPS) is 30.9. The zero-order valence-corrected chi connectivity index (χ0v) is 17.2. The highest BCUT2D eigenvalue weighted by molar-refractivity contribution is 5.81. The van der Waals surface area contributed by atoms with Crippen molar-refractivity contribution in [3.05, 3.63) is 36.0 Å². The molecule has 150 valence electrons. The molecule has 1 aromatic carbocycles. The molecule has 5 nitrogen and oxygen atoms in total. The zero-order valence-electron chi connectivity index (χ0n) is 17.2. The van der Waals surface area contributed by atoms with Crippen molar-refractivity contribution in [2.75, 3.05) is 19.7 Å². The van der Waals surface area contributed by atoms with Gasteiger partial charge in [-0.15, -0.1) is 0 Å². The third kappa shape index (κ3) is 2.63. The Morgan fingerprint density at radius 2 is 2.11 bits per heavy atom. The van der Waals surface area contributed by atoms with Crippen LogP contribution in [0.15, 0.2) is 30.3 Å². The van der Waals surface area contributed by atoms with Gasteiger partial charge in [0.2, 0.25) is 5.91 Å². The van der Waals surface area contributed by atoms with Crippen LogP contribution in [0.5, 0.6) is 0 Å². The molecule has 0 N–H and O–H groups in total. The Bertz CT molecular complexity index is 904. The number of para-hydroxylation sites is 1. The Balaban J connectivity index is 1.37. The molecular weight excluding hydrogens is 350 g/mol. The number of carbonyl (C=O) groups is 1. The second-order valence-corrected chi connectivity index (χ2v) is 9.21. The topological polar surface area (TPSA) is 37.7 Å². The second-order valence-electron chi connectivity index (χ2n) is 9.21. The van der Waals surface area contributed by atoms with Crippen LogP contribution < -0.4 is 0 Å². The van der Waals surface area contributed by atoms with Crippen LogP contribution >= 0.6 is 0 Å². The van der Waals surface area contributed by atoms with Crippen molar-refractivity contribution < 1.29 is 9.53 Å². The van der Waals surface area contributed by atoms with Crippen molar-refractivity contribution in [1.82, 2.24) is 14.4 Å². The third-order valence-electron chi connectivity index (χ3n) is 7.33. The summed E-state index contributed by atoms with van der Waals surface area (Å²) in [5, 5.41) is 1.31. The second kappa shape index (κ2) is 6.60. The smallest absolute Gasteiger partial charge is 0.225 e. The van der Waals surface area contributed by atoms with Crippen molar-refractivity contribution in [2.24, 2.45) is 18.9 Å². The molecule has 0 radical (unpaired) electrons. The molecule has 5 heteroatoms. The van der Waals surface area contributed by atoms with Gasteiger partial charge in [-0.1, -0.05) is 32.0 Å². The summed E-state index contributed by atoms with van der Waals surface area (Å²) in [5.74, 6) is 1.16. The van der Waals surface area contributed by atoms with E-state index in [4.69, 9.17) is 4.74 Å². The van der Waals surface area contributed by atoms with Gasteiger partial charge in [-0.05, 0) is 29.9 Å². The first-order valence-electron chi connectivity index (χ1n) is 10.7. The molecule has 0 saturated carbocycles. The largest absolute Gasteiger partial charge is 0.353 e. The van der Waals surface area contributed by atoms with Crippen LogP contribution in [-0.4, -0.2) is 51.7 Å². The molecule has 4 heterocycles. The first-order valence-corrected chi connectivity index (χ1v) is 10.7. The molecule has 3 saturated heterocycles. The average Bonchev–Trinajstić information content (AvgIpc) is 3.22. The van der Waals surface area contributed by atoms with Gasteiger partial charge in [0.1, 0.15) is 5.72 Å². The zero-order chi connectivity index (χ0) is 19.5. The number of amides is 1. The summed E-state index contributed by atoms with van der Waals surface area (Å²) in [4.78, 5) is 17.5. The summed E-state index contributed by atoms with van der Waals surface area (Å²) in [5.41, 5.74) is 2.30. The van der Waals surface area contributed by atoms with Gasteiger partial charge < -0.3 is 14.2 Å². The van der Waals surface area contributed by atoms with E-state index < -0.39 is 0 Å². The first kappa shape index (κ1) is 18.2. The minimum Gasteiger partial charge on any atom is -0.353 e. The molecule has 3 fully saturated rings. The summed E-state index contributed by atoms with van der Waals surface area (Å²) in [6.45, 7) is 8.06. The fourth-order valence-corrected chi connectivity index (χ4v) is 5.72. The lowest BCUT2D eigenvalue weighted by Gasteiger charge is -2.53. The van der Waals surface area contributed by atoms with E-state index >= 15 is 0 Å². The number of likely N-dealkylation sites (tertiary alicyclic amines) is 1. The van der Waals surface area contributed by atoms with E-state index in [-0.39, 0.29) is 11.8 Å². The van der Waals surface area contributed by atoms with Gasteiger partial charge >= 0.3 is 0 Å². The highest BCUT2D eigenvalue weighted by Crippen LogP contribution is 2.47. The molecule has 1 aromatic heterocycles. The number of fused-ring (bicyclic) bond motifs is 1. The Morgan fingerprint density at radius 3 is 2.89 bits per heavy atom. The fraction of sp³-hybridized carbons (Fsp3) is 0.609. The summed E-state index contributed by atoms with van der Waals surface area (Å²) < 4.78 is 8.75. The molecule has 28 heavy (non-hydrogen) atoms. The number of hydrogen-bond donors (Lipinski definition) is 0. The van der Waals surface area contributed by atoms with E-state index in [2.05, 4.69) is 65.6 Å². The van der Waals surface area contributed by atoms with Gasteiger partial charge in [0.25, 0.3) is 0 Å². The van der Waals surface area contributed by atoms with Gasteiger partial charge in [0.05, 0.1) is 12.6 Å². The van der Waals surface area contributed by atoms with E-state index in [1.165, 1.54) is 16.6 Å². The van der Waals surface area contributed by atoms with Crippen molar-refractivity contribution >= 4 is 16.8 Å². The van der Waals surface area contributed by atoms with Gasteiger partial charge in [-0.2, -0.15) is 0 Å². The van der Waals surface area contributed by atoms with Crippen molar-refractivity contribution in [1.29, 1.82) is 0 Å². The predicted molar refractivity (Wildman–Crippen MR) is 110 cm³/mol. The molecule has 3 aliphatic heterocycles. The third-order valence-corrected chi connectivity index (χ3v) is 7.33. The number of aromatic nitrogens is 1. The minimum absolute atomic E-state index is 0.236. The number of piperidine rings is 2. The van der Waals surface area contributed by atoms with Gasteiger partial charge in [-0.3, -0.25) is 9.69 Å². The lowest BCUT2D eigenvalue weighted by Crippen LogP contribution is -2.65. The lowest BCUT2D eigenvalue weighted by molar-refractivity contribution is -0.193. The van der Waals surface area contributed by atoms with Crippen LogP contribution in [0.4, 0.5) is 0 Å². The molecule has 2 aromatic rings. The molecule has 5 rings (SSSR count). The van der Waals surface area contributed by atoms with Crippen LogP contribution in [-0.2, 0) is 23.1 Å². The Kier molecular flexibility index (Phi) is 4.29. The molecule has 0 aliphatic carbocycles. The van der Waals surface area contributed by atoms with E-state index in [1.54, 1.807) is 0 Å². The molecule has 1 amide bonds. The van der Waals surface area contributed by atoms with Crippen LogP contribution in [0.25, 0.3) is 10.9 Å². The number of hydrogen-bond acceptors (Lipinski definition) is 3. The molecule has 3 aliphatic rings. The predicted octanol–water partition coefficient (Wildman–Crippen LogP) is 3.37. The van der Waals surface area contributed by atoms with Gasteiger partial charge in [0.15, 0.2) is 0 Å². The fourth-order valence-electron chi connectivity index (χ4n) is 5.72. The van der Waals surface area contributed by atoms with Crippen molar-refractivity contribution in [3.63, 3.8) is 0 Å².